The number of amides is 1. The number of carbonyl (C=O) groups is 1. The number of hydrogen-bond acceptors (Lipinski definition) is 6. The molecule has 0 aliphatic rings. The van der Waals surface area contributed by atoms with Gasteiger partial charge in [-0.15, -0.1) is 0 Å². The van der Waals surface area contributed by atoms with Gasteiger partial charge in [-0.25, -0.2) is 9.37 Å². The first-order valence-electron chi connectivity index (χ1n) is 6.75. The molecule has 3 rings (SSSR count). The number of rotatable bonds is 5. The number of benzene rings is 2. The highest BCUT2D eigenvalue weighted by Gasteiger charge is 2.12. The van der Waals surface area contributed by atoms with E-state index in [2.05, 4.69) is 10.3 Å². The first kappa shape index (κ1) is 15.8. The second kappa shape index (κ2) is 6.59. The molecule has 122 valence electrons. The third-order valence-electron chi connectivity index (χ3n) is 3.02. The van der Waals surface area contributed by atoms with Crippen LogP contribution in [0.15, 0.2) is 42.5 Å². The van der Waals surface area contributed by atoms with Gasteiger partial charge in [0.1, 0.15) is 0 Å². The lowest BCUT2D eigenvalue weighted by atomic mass is 10.3. The molecule has 0 aliphatic carbocycles. The zero-order valence-corrected chi connectivity index (χ0v) is 12.9. The average Bonchev–Trinajstić information content (AvgIpc) is 2.95. The van der Waals surface area contributed by atoms with Crippen LogP contribution in [0.25, 0.3) is 10.2 Å². The zero-order valence-electron chi connectivity index (χ0n) is 12.1. The summed E-state index contributed by atoms with van der Waals surface area (Å²) in [4.78, 5) is 26.3. The molecule has 3 aromatic rings. The zero-order chi connectivity index (χ0) is 17.1. The number of hydrogen-bond donors (Lipinski definition) is 1. The molecule has 1 aromatic heterocycles. The van der Waals surface area contributed by atoms with Gasteiger partial charge in [-0.1, -0.05) is 23.5 Å². The highest BCUT2D eigenvalue weighted by molar-refractivity contribution is 7.22. The van der Waals surface area contributed by atoms with Crippen LogP contribution in [0.3, 0.4) is 0 Å². The number of fused-ring (bicyclic) bond motifs is 1. The number of thiazole rings is 1. The normalized spacial score (nSPS) is 10.5. The third kappa shape index (κ3) is 3.46. The Hall–Kier alpha value is -3.07. The average molecular weight is 347 g/mol. The van der Waals surface area contributed by atoms with Crippen LogP contribution in [0.4, 0.5) is 15.2 Å². The summed E-state index contributed by atoms with van der Waals surface area (Å²) in [6, 6.07) is 10.00. The summed E-state index contributed by atoms with van der Waals surface area (Å²) in [5.74, 6) is -1.09. The Morgan fingerprint density at radius 1 is 1.33 bits per heavy atom. The van der Waals surface area contributed by atoms with Crippen molar-refractivity contribution in [3.63, 3.8) is 0 Å². The fourth-order valence-electron chi connectivity index (χ4n) is 1.94. The fourth-order valence-corrected chi connectivity index (χ4v) is 2.86. The maximum atomic E-state index is 13.4. The molecule has 0 saturated carbocycles. The Morgan fingerprint density at radius 2 is 2.12 bits per heavy atom. The fraction of sp³-hybridized carbons (Fsp3) is 0.0667. The number of aromatic nitrogens is 1. The number of para-hydroxylation sites is 1. The van der Waals surface area contributed by atoms with Gasteiger partial charge in [-0.05, 0) is 18.2 Å². The topological polar surface area (TPSA) is 94.4 Å². The molecular formula is C15H10FN3O4S. The van der Waals surface area contributed by atoms with Gasteiger partial charge in [0.15, 0.2) is 23.3 Å². The van der Waals surface area contributed by atoms with E-state index in [0.29, 0.717) is 10.2 Å². The van der Waals surface area contributed by atoms with E-state index in [1.165, 1.54) is 36.4 Å². The summed E-state index contributed by atoms with van der Waals surface area (Å²) in [5.41, 5.74) is 0.489. The molecule has 7 nitrogen and oxygen atoms in total. The summed E-state index contributed by atoms with van der Waals surface area (Å²) in [5, 5.41) is 13.6. The number of anilines is 1. The van der Waals surface area contributed by atoms with Crippen LogP contribution in [0, 0.1) is 15.9 Å². The van der Waals surface area contributed by atoms with Gasteiger partial charge in [0.2, 0.25) is 0 Å². The van der Waals surface area contributed by atoms with Crippen LogP contribution in [-0.4, -0.2) is 22.4 Å². The molecule has 0 saturated heterocycles. The molecule has 0 bridgehead atoms. The molecule has 24 heavy (non-hydrogen) atoms. The molecule has 0 atom stereocenters. The molecule has 0 aliphatic heterocycles. The Balaban J connectivity index is 1.67. The van der Waals surface area contributed by atoms with Crippen LogP contribution < -0.4 is 10.1 Å². The predicted molar refractivity (Wildman–Crippen MR) is 86.8 cm³/mol. The maximum absolute atomic E-state index is 13.4. The molecule has 1 amide bonds. The van der Waals surface area contributed by atoms with Gasteiger partial charge in [0.05, 0.1) is 15.1 Å². The molecule has 0 fully saturated rings. The highest BCUT2D eigenvalue weighted by Crippen LogP contribution is 2.29. The van der Waals surface area contributed by atoms with E-state index in [4.69, 9.17) is 4.74 Å². The van der Waals surface area contributed by atoms with Crippen molar-refractivity contribution < 1.29 is 18.8 Å². The second-order valence-corrected chi connectivity index (χ2v) is 5.73. The van der Waals surface area contributed by atoms with Crippen LogP contribution >= 0.6 is 11.3 Å². The number of ether oxygens (including phenoxy) is 1. The van der Waals surface area contributed by atoms with Crippen LogP contribution in [-0.2, 0) is 4.79 Å². The molecule has 2 aromatic carbocycles. The summed E-state index contributed by atoms with van der Waals surface area (Å²) in [6.07, 6.45) is 0. The van der Waals surface area contributed by atoms with E-state index in [1.54, 1.807) is 6.07 Å². The lowest BCUT2D eigenvalue weighted by molar-refractivity contribution is -0.384. The minimum Gasteiger partial charge on any atom is -0.481 e. The summed E-state index contributed by atoms with van der Waals surface area (Å²) in [6.45, 7) is -0.378. The van der Waals surface area contributed by atoms with E-state index in [9.17, 15) is 19.3 Å². The lowest BCUT2D eigenvalue weighted by Gasteiger charge is -2.06. The standard InChI is InChI=1S/C15H10FN3O4S/c16-10-3-1-2-4-12(10)23-8-14(20)18-15-17-11-6-5-9(19(21)22)7-13(11)24-15/h1-7H,8H2,(H,17,18,20). The van der Waals surface area contributed by atoms with Crippen molar-refractivity contribution in [2.45, 2.75) is 0 Å². The number of halogens is 1. The molecule has 0 unspecified atom stereocenters. The molecule has 0 radical (unpaired) electrons. The minimum absolute atomic E-state index is 0.0208. The van der Waals surface area contributed by atoms with Gasteiger partial charge < -0.3 is 4.74 Å². The third-order valence-corrected chi connectivity index (χ3v) is 3.96. The van der Waals surface area contributed by atoms with Crippen LogP contribution in [0.1, 0.15) is 0 Å². The van der Waals surface area contributed by atoms with E-state index in [0.717, 1.165) is 11.3 Å². The SMILES string of the molecule is O=C(COc1ccccc1F)Nc1nc2ccc([N+](=O)[O-])cc2s1. The predicted octanol–water partition coefficient (Wildman–Crippen LogP) is 3.36. The number of nitro groups is 1. The largest absolute Gasteiger partial charge is 0.481 e. The molecule has 1 N–H and O–H groups in total. The quantitative estimate of drug-likeness (QED) is 0.564. The van der Waals surface area contributed by atoms with Crippen molar-refractivity contribution in [2.24, 2.45) is 0 Å². The Morgan fingerprint density at radius 3 is 2.88 bits per heavy atom. The molecule has 1 heterocycles. The van der Waals surface area contributed by atoms with Crippen molar-refractivity contribution >= 4 is 38.3 Å². The summed E-state index contributed by atoms with van der Waals surface area (Å²) >= 11 is 1.10. The number of nitrogens with zero attached hydrogens (tertiary/aromatic N) is 2. The number of nitro benzene ring substituents is 1. The first-order valence-corrected chi connectivity index (χ1v) is 7.57. The van der Waals surface area contributed by atoms with E-state index in [1.807, 2.05) is 0 Å². The summed E-state index contributed by atoms with van der Waals surface area (Å²) < 4.78 is 19.1. The van der Waals surface area contributed by atoms with Crippen LogP contribution in [0.2, 0.25) is 0 Å². The van der Waals surface area contributed by atoms with Crippen molar-refractivity contribution in [1.29, 1.82) is 0 Å². The van der Waals surface area contributed by atoms with E-state index in [-0.39, 0.29) is 23.2 Å². The van der Waals surface area contributed by atoms with Crippen molar-refractivity contribution in [3.8, 4) is 5.75 Å². The highest BCUT2D eigenvalue weighted by atomic mass is 32.1. The van der Waals surface area contributed by atoms with Crippen LogP contribution in [0.5, 0.6) is 5.75 Å². The van der Waals surface area contributed by atoms with Gasteiger partial charge in [-0.3, -0.25) is 20.2 Å². The van der Waals surface area contributed by atoms with Gasteiger partial charge >= 0.3 is 0 Å². The van der Waals surface area contributed by atoms with E-state index >= 15 is 0 Å². The van der Waals surface area contributed by atoms with Crippen molar-refractivity contribution in [3.05, 3.63) is 58.4 Å². The Kier molecular flexibility index (Phi) is 4.34. The van der Waals surface area contributed by atoms with Gasteiger partial charge in [0.25, 0.3) is 11.6 Å². The number of non-ortho nitro benzene ring substituents is 1. The van der Waals surface area contributed by atoms with Gasteiger partial charge in [0, 0.05) is 12.1 Å². The van der Waals surface area contributed by atoms with Crippen molar-refractivity contribution in [1.82, 2.24) is 4.98 Å². The summed E-state index contributed by atoms with van der Waals surface area (Å²) in [7, 11) is 0. The molecule has 9 heteroatoms. The van der Waals surface area contributed by atoms with E-state index < -0.39 is 16.6 Å². The number of carbonyl (C=O) groups excluding carboxylic acids is 1. The van der Waals surface area contributed by atoms with Gasteiger partial charge in [-0.2, -0.15) is 0 Å². The monoisotopic (exact) mass is 347 g/mol. The minimum atomic E-state index is -0.558. The maximum Gasteiger partial charge on any atom is 0.270 e. The Labute approximate surface area is 138 Å². The molecule has 0 spiro atoms. The lowest BCUT2D eigenvalue weighted by Crippen LogP contribution is -2.20. The smallest absolute Gasteiger partial charge is 0.270 e. The van der Waals surface area contributed by atoms with Crippen molar-refractivity contribution in [2.75, 3.05) is 11.9 Å². The molecular weight excluding hydrogens is 337 g/mol. The number of nitrogens with one attached hydrogen (secondary N) is 1. The first-order chi connectivity index (χ1) is 11.5. The Bertz CT molecular complexity index is 928. The second-order valence-electron chi connectivity index (χ2n) is 4.70.